The Morgan fingerprint density at radius 3 is 3.14 bits per heavy atom. The van der Waals surface area contributed by atoms with Crippen LogP contribution < -0.4 is 0 Å². The van der Waals surface area contributed by atoms with Gasteiger partial charge in [-0.05, 0) is 12.8 Å². The molecule has 3 heterocycles. The van der Waals surface area contributed by atoms with E-state index in [0.717, 1.165) is 30.0 Å². The van der Waals surface area contributed by atoms with E-state index >= 15 is 0 Å². The highest BCUT2D eigenvalue weighted by atomic mass is 32.1. The number of amides is 1. The third-order valence-electron chi connectivity index (χ3n) is 3.66. The first-order chi connectivity index (χ1) is 10.2. The van der Waals surface area contributed by atoms with Gasteiger partial charge in [-0.3, -0.25) is 9.48 Å². The fourth-order valence-electron chi connectivity index (χ4n) is 2.71. The number of hydrogen-bond donors (Lipinski definition) is 0. The summed E-state index contributed by atoms with van der Waals surface area (Å²) in [5.41, 5.74) is 1.61. The lowest BCUT2D eigenvalue weighted by atomic mass is 10.1. The lowest BCUT2D eigenvalue weighted by Gasteiger charge is -2.22. The van der Waals surface area contributed by atoms with E-state index in [1.54, 1.807) is 11.8 Å². The maximum Gasteiger partial charge on any atom is 0.273 e. The van der Waals surface area contributed by atoms with Gasteiger partial charge in [-0.15, -0.1) is 11.3 Å². The van der Waals surface area contributed by atoms with Crippen molar-refractivity contribution in [3.05, 3.63) is 34.0 Å². The van der Waals surface area contributed by atoms with Crippen LogP contribution >= 0.6 is 11.3 Å². The van der Waals surface area contributed by atoms with Gasteiger partial charge in [0.1, 0.15) is 10.7 Å². The lowest BCUT2D eigenvalue weighted by molar-refractivity contribution is 0.0730. The number of aryl methyl sites for hydroxylation is 1. The number of ether oxygens (including phenoxy) is 1. The molecule has 1 fully saturated rings. The Balaban J connectivity index is 1.79. The van der Waals surface area contributed by atoms with Gasteiger partial charge >= 0.3 is 0 Å². The Morgan fingerprint density at radius 1 is 1.57 bits per heavy atom. The van der Waals surface area contributed by atoms with Crippen molar-refractivity contribution in [2.75, 3.05) is 13.7 Å². The van der Waals surface area contributed by atoms with Crippen molar-refractivity contribution in [1.29, 1.82) is 0 Å². The van der Waals surface area contributed by atoms with Crippen LogP contribution in [0.25, 0.3) is 0 Å². The number of likely N-dealkylation sites (tertiary alicyclic amines) is 1. The van der Waals surface area contributed by atoms with Crippen molar-refractivity contribution < 1.29 is 9.53 Å². The minimum absolute atomic E-state index is 0.0000406. The van der Waals surface area contributed by atoms with Crippen molar-refractivity contribution in [2.45, 2.75) is 25.5 Å². The molecular formula is C14H18N4O2S. The second kappa shape index (κ2) is 5.95. The van der Waals surface area contributed by atoms with E-state index in [9.17, 15) is 4.79 Å². The molecule has 1 aliphatic heterocycles. The van der Waals surface area contributed by atoms with Crippen LogP contribution in [0.4, 0.5) is 0 Å². The number of nitrogens with zero attached hydrogens (tertiary/aromatic N) is 4. The van der Waals surface area contributed by atoms with Gasteiger partial charge in [0.25, 0.3) is 5.91 Å². The average molecular weight is 306 g/mol. The molecule has 0 aliphatic carbocycles. The molecule has 0 radical (unpaired) electrons. The molecule has 21 heavy (non-hydrogen) atoms. The van der Waals surface area contributed by atoms with Crippen LogP contribution in [0, 0.1) is 0 Å². The zero-order valence-corrected chi connectivity index (χ0v) is 13.0. The zero-order valence-electron chi connectivity index (χ0n) is 12.2. The van der Waals surface area contributed by atoms with E-state index < -0.39 is 0 Å². The van der Waals surface area contributed by atoms with Crippen LogP contribution in [0.3, 0.4) is 0 Å². The maximum atomic E-state index is 12.7. The number of carbonyl (C=O) groups is 1. The van der Waals surface area contributed by atoms with Gasteiger partial charge in [0, 0.05) is 37.8 Å². The highest BCUT2D eigenvalue weighted by Gasteiger charge is 2.32. The Bertz CT molecular complexity index is 636. The molecule has 1 aliphatic rings. The first kappa shape index (κ1) is 14.2. The molecule has 0 N–H and O–H groups in total. The number of methoxy groups -OCH3 is 1. The van der Waals surface area contributed by atoms with E-state index in [2.05, 4.69) is 10.1 Å². The van der Waals surface area contributed by atoms with Gasteiger partial charge in [-0.2, -0.15) is 5.10 Å². The van der Waals surface area contributed by atoms with Crippen molar-refractivity contribution >= 4 is 17.2 Å². The molecule has 0 saturated carbocycles. The largest absolute Gasteiger partial charge is 0.378 e. The molecule has 112 valence electrons. The zero-order chi connectivity index (χ0) is 14.8. The number of rotatable bonds is 4. The smallest absolute Gasteiger partial charge is 0.273 e. The summed E-state index contributed by atoms with van der Waals surface area (Å²) >= 11 is 1.46. The average Bonchev–Trinajstić information content (AvgIpc) is 3.17. The molecule has 0 unspecified atom stereocenters. The summed E-state index contributed by atoms with van der Waals surface area (Å²) < 4.78 is 6.83. The van der Waals surface area contributed by atoms with Gasteiger partial charge in [-0.1, -0.05) is 0 Å². The van der Waals surface area contributed by atoms with Crippen LogP contribution in [0.1, 0.15) is 39.9 Å². The topological polar surface area (TPSA) is 60.2 Å². The Morgan fingerprint density at radius 2 is 2.43 bits per heavy atom. The van der Waals surface area contributed by atoms with E-state index in [1.807, 2.05) is 29.7 Å². The number of aromatic nitrogens is 3. The van der Waals surface area contributed by atoms with Gasteiger partial charge < -0.3 is 9.64 Å². The molecular weight excluding hydrogens is 288 g/mol. The van der Waals surface area contributed by atoms with E-state index in [-0.39, 0.29) is 11.9 Å². The van der Waals surface area contributed by atoms with Crippen LogP contribution in [0.5, 0.6) is 0 Å². The lowest BCUT2D eigenvalue weighted by Crippen LogP contribution is -2.30. The molecule has 2 aromatic heterocycles. The second-order valence-corrected chi connectivity index (χ2v) is 6.11. The quantitative estimate of drug-likeness (QED) is 0.867. The van der Waals surface area contributed by atoms with Crippen LogP contribution in [-0.4, -0.2) is 39.2 Å². The van der Waals surface area contributed by atoms with E-state index in [0.29, 0.717) is 12.3 Å². The number of thiazole rings is 1. The van der Waals surface area contributed by atoms with Gasteiger partial charge in [0.15, 0.2) is 0 Å². The van der Waals surface area contributed by atoms with E-state index in [1.165, 1.54) is 11.3 Å². The standard InChI is InChI=1S/C14H18N4O2S/c1-17-7-10(6-15-17)12-4-3-5-18(12)14(19)11-9-21-13(16-11)8-20-2/h6-7,9,12H,3-5,8H2,1-2H3/t12-/m1/s1. The van der Waals surface area contributed by atoms with Crippen molar-refractivity contribution in [2.24, 2.45) is 7.05 Å². The van der Waals surface area contributed by atoms with Gasteiger partial charge in [0.05, 0.1) is 18.8 Å². The minimum Gasteiger partial charge on any atom is -0.378 e. The fourth-order valence-corrected chi connectivity index (χ4v) is 3.45. The molecule has 6 nitrogen and oxygen atoms in total. The molecule has 1 saturated heterocycles. The third-order valence-corrected chi connectivity index (χ3v) is 4.48. The van der Waals surface area contributed by atoms with Crippen LogP contribution in [0.15, 0.2) is 17.8 Å². The molecule has 7 heteroatoms. The SMILES string of the molecule is COCc1nc(C(=O)N2CCC[C@@H]2c2cnn(C)c2)cs1. The highest BCUT2D eigenvalue weighted by molar-refractivity contribution is 7.09. The predicted molar refractivity (Wildman–Crippen MR) is 79.0 cm³/mol. The molecule has 3 rings (SSSR count). The Labute approximate surface area is 127 Å². The fraction of sp³-hybridized carbons (Fsp3) is 0.500. The van der Waals surface area contributed by atoms with Crippen LogP contribution in [0.2, 0.25) is 0 Å². The molecule has 2 aromatic rings. The second-order valence-electron chi connectivity index (χ2n) is 5.16. The number of hydrogen-bond acceptors (Lipinski definition) is 5. The summed E-state index contributed by atoms with van der Waals surface area (Å²) in [6.45, 7) is 1.22. The van der Waals surface area contributed by atoms with Gasteiger partial charge in [-0.25, -0.2) is 4.98 Å². The summed E-state index contributed by atoms with van der Waals surface area (Å²) in [7, 11) is 3.52. The number of carbonyl (C=O) groups excluding carboxylic acids is 1. The van der Waals surface area contributed by atoms with Crippen molar-refractivity contribution in [3.63, 3.8) is 0 Å². The molecule has 1 amide bonds. The monoisotopic (exact) mass is 306 g/mol. The summed E-state index contributed by atoms with van der Waals surface area (Å²) in [6, 6.07) is 0.110. The minimum atomic E-state index is -0.0000406. The van der Waals surface area contributed by atoms with E-state index in [4.69, 9.17) is 4.74 Å². The Kier molecular flexibility index (Phi) is 4.03. The van der Waals surface area contributed by atoms with Gasteiger partial charge in [0.2, 0.25) is 0 Å². The summed E-state index contributed by atoms with van der Waals surface area (Å²) in [4.78, 5) is 18.9. The summed E-state index contributed by atoms with van der Waals surface area (Å²) in [6.07, 6.45) is 5.81. The summed E-state index contributed by atoms with van der Waals surface area (Å²) in [5.74, 6) is -0.0000406. The first-order valence-electron chi connectivity index (χ1n) is 6.92. The van der Waals surface area contributed by atoms with Crippen LogP contribution in [-0.2, 0) is 18.4 Å². The molecule has 0 spiro atoms. The maximum absolute atomic E-state index is 12.7. The normalized spacial score (nSPS) is 18.4. The third kappa shape index (κ3) is 2.84. The molecule has 1 atom stereocenters. The molecule has 0 aromatic carbocycles. The Hall–Kier alpha value is -1.73. The van der Waals surface area contributed by atoms with Crippen molar-refractivity contribution in [1.82, 2.24) is 19.7 Å². The van der Waals surface area contributed by atoms with Crippen molar-refractivity contribution in [3.8, 4) is 0 Å². The first-order valence-corrected chi connectivity index (χ1v) is 7.80. The highest BCUT2D eigenvalue weighted by Crippen LogP contribution is 2.32. The molecule has 0 bridgehead atoms. The predicted octanol–water partition coefficient (Wildman–Crippen LogP) is 2.00. The summed E-state index contributed by atoms with van der Waals surface area (Å²) in [5, 5.41) is 6.85.